The second-order valence-electron chi connectivity index (χ2n) is 4.94. The molecule has 0 saturated carbocycles. The number of urea groups is 1. The molecular weight excluding hydrogens is 273 g/mol. The molecule has 8 heteroatoms. The third-order valence-corrected chi connectivity index (χ3v) is 3.53. The number of halogens is 3. The number of amides is 2. The molecule has 1 aliphatic rings. The van der Waals surface area contributed by atoms with E-state index >= 15 is 0 Å². The lowest BCUT2D eigenvalue weighted by Crippen LogP contribution is -2.55. The summed E-state index contributed by atoms with van der Waals surface area (Å²) in [4.78, 5) is 15.3. The van der Waals surface area contributed by atoms with Crippen LogP contribution in [0.5, 0.6) is 0 Å². The molecule has 2 amide bonds. The quantitative estimate of drug-likeness (QED) is 0.796. The smallest absolute Gasteiger partial charge is 0.330 e. The van der Waals surface area contributed by atoms with Gasteiger partial charge in [-0.25, -0.2) is 4.79 Å². The summed E-state index contributed by atoms with van der Waals surface area (Å²) in [6, 6.07) is -0.255. The van der Waals surface area contributed by atoms with E-state index in [1.165, 1.54) is 4.90 Å². The van der Waals surface area contributed by atoms with Crippen LogP contribution in [-0.4, -0.2) is 67.3 Å². The fourth-order valence-corrected chi connectivity index (χ4v) is 2.42. The number of carbonyl (C=O) groups is 1. The van der Waals surface area contributed by atoms with Gasteiger partial charge in [-0.2, -0.15) is 13.2 Å². The maximum Gasteiger partial charge on any atom is 0.405 e. The van der Waals surface area contributed by atoms with Crippen molar-refractivity contribution in [1.29, 1.82) is 0 Å². The molecule has 1 aliphatic heterocycles. The number of hydrogen-bond donors (Lipinski definition) is 2. The van der Waals surface area contributed by atoms with Gasteiger partial charge in [0.25, 0.3) is 0 Å². The summed E-state index contributed by atoms with van der Waals surface area (Å²) in [7, 11) is 0. The predicted octanol–water partition coefficient (Wildman–Crippen LogP) is 1.00. The summed E-state index contributed by atoms with van der Waals surface area (Å²) in [5.74, 6) is 0. The fourth-order valence-electron chi connectivity index (χ4n) is 2.42. The molecule has 118 valence electrons. The molecule has 20 heavy (non-hydrogen) atoms. The molecule has 0 spiro atoms. The van der Waals surface area contributed by atoms with Gasteiger partial charge < -0.3 is 16.0 Å². The Morgan fingerprint density at radius 2 is 1.90 bits per heavy atom. The average Bonchev–Trinajstić information content (AvgIpc) is 2.41. The maximum absolute atomic E-state index is 12.0. The molecule has 0 aromatic rings. The fraction of sp³-hybridized carbons (Fsp3) is 0.917. The highest BCUT2D eigenvalue weighted by Gasteiger charge is 2.30. The molecule has 1 saturated heterocycles. The molecule has 1 atom stereocenters. The van der Waals surface area contributed by atoms with E-state index in [1.807, 2.05) is 5.32 Å². The lowest BCUT2D eigenvalue weighted by Gasteiger charge is -2.39. The molecule has 3 N–H and O–H groups in total. The Hall–Kier alpha value is -1.02. The molecule has 1 fully saturated rings. The van der Waals surface area contributed by atoms with Crippen molar-refractivity contribution in [2.75, 3.05) is 39.3 Å². The number of piperazine rings is 1. The zero-order chi connectivity index (χ0) is 15.2. The summed E-state index contributed by atoms with van der Waals surface area (Å²) < 4.78 is 36.1. The van der Waals surface area contributed by atoms with Crippen molar-refractivity contribution >= 4 is 6.03 Å². The van der Waals surface area contributed by atoms with E-state index in [4.69, 9.17) is 5.73 Å². The zero-order valence-electron chi connectivity index (χ0n) is 11.7. The summed E-state index contributed by atoms with van der Waals surface area (Å²) in [5, 5.41) is 1.90. The second kappa shape index (κ2) is 7.68. The Labute approximate surface area is 117 Å². The van der Waals surface area contributed by atoms with Crippen LogP contribution in [0.3, 0.4) is 0 Å². The standard InChI is InChI=1S/C12H23F3N4O/c1-2-10(3-4-16)18-5-7-19(8-6-18)11(20)17-9-12(13,14)15/h10H,2-9,16H2,1H3,(H,17,20). The van der Waals surface area contributed by atoms with Crippen molar-refractivity contribution in [3.8, 4) is 0 Å². The molecule has 5 nitrogen and oxygen atoms in total. The van der Waals surface area contributed by atoms with Crippen LogP contribution in [0.25, 0.3) is 0 Å². The van der Waals surface area contributed by atoms with Crippen LogP contribution in [0.2, 0.25) is 0 Å². The van der Waals surface area contributed by atoms with E-state index in [0.29, 0.717) is 38.8 Å². The Kier molecular flexibility index (Phi) is 6.54. The number of nitrogens with one attached hydrogen (secondary N) is 1. The number of alkyl halides is 3. The number of hydrogen-bond acceptors (Lipinski definition) is 3. The molecule has 1 rings (SSSR count). The number of nitrogens with zero attached hydrogens (tertiary/aromatic N) is 2. The number of rotatable bonds is 5. The van der Waals surface area contributed by atoms with Gasteiger partial charge in [-0.1, -0.05) is 6.92 Å². The minimum absolute atomic E-state index is 0.389. The van der Waals surface area contributed by atoms with Crippen molar-refractivity contribution in [2.45, 2.75) is 32.0 Å². The Morgan fingerprint density at radius 3 is 2.35 bits per heavy atom. The third-order valence-electron chi connectivity index (χ3n) is 3.53. The van der Waals surface area contributed by atoms with Crippen molar-refractivity contribution < 1.29 is 18.0 Å². The van der Waals surface area contributed by atoms with Gasteiger partial charge in [0.15, 0.2) is 0 Å². The monoisotopic (exact) mass is 296 g/mol. The maximum atomic E-state index is 12.0. The van der Waals surface area contributed by atoms with Gasteiger partial charge >= 0.3 is 12.2 Å². The molecule has 0 aliphatic carbocycles. The highest BCUT2D eigenvalue weighted by molar-refractivity contribution is 5.74. The molecule has 0 radical (unpaired) electrons. The van der Waals surface area contributed by atoms with E-state index < -0.39 is 18.8 Å². The highest BCUT2D eigenvalue weighted by atomic mass is 19.4. The molecule has 0 bridgehead atoms. The summed E-state index contributed by atoms with van der Waals surface area (Å²) in [5.41, 5.74) is 5.56. The summed E-state index contributed by atoms with van der Waals surface area (Å²) in [6.07, 6.45) is -2.49. The minimum atomic E-state index is -4.37. The first-order valence-electron chi connectivity index (χ1n) is 6.91. The second-order valence-corrected chi connectivity index (χ2v) is 4.94. The van der Waals surface area contributed by atoms with Crippen LogP contribution >= 0.6 is 0 Å². The highest BCUT2D eigenvalue weighted by Crippen LogP contribution is 2.14. The van der Waals surface area contributed by atoms with Gasteiger partial charge in [0.2, 0.25) is 0 Å². The normalized spacial score (nSPS) is 18.9. The predicted molar refractivity (Wildman–Crippen MR) is 70.4 cm³/mol. The van der Waals surface area contributed by atoms with E-state index in [0.717, 1.165) is 12.8 Å². The first kappa shape index (κ1) is 17.0. The van der Waals surface area contributed by atoms with Gasteiger partial charge in [-0.15, -0.1) is 0 Å². The largest absolute Gasteiger partial charge is 0.405 e. The molecule has 0 aromatic carbocycles. The zero-order valence-corrected chi connectivity index (χ0v) is 11.7. The molecule has 0 aromatic heterocycles. The van der Waals surface area contributed by atoms with Gasteiger partial charge in [0, 0.05) is 32.2 Å². The van der Waals surface area contributed by atoms with Crippen molar-refractivity contribution in [3.63, 3.8) is 0 Å². The van der Waals surface area contributed by atoms with Gasteiger partial charge in [-0.3, -0.25) is 4.90 Å². The Bertz CT molecular complexity index is 304. The minimum Gasteiger partial charge on any atom is -0.330 e. The van der Waals surface area contributed by atoms with Gasteiger partial charge in [-0.05, 0) is 19.4 Å². The lowest BCUT2D eigenvalue weighted by atomic mass is 10.1. The van der Waals surface area contributed by atoms with E-state index in [1.54, 1.807) is 0 Å². The Balaban J connectivity index is 2.36. The van der Waals surface area contributed by atoms with Crippen LogP contribution in [0, 0.1) is 0 Å². The topological polar surface area (TPSA) is 61.6 Å². The Morgan fingerprint density at radius 1 is 1.30 bits per heavy atom. The third kappa shape index (κ3) is 5.54. The lowest BCUT2D eigenvalue weighted by molar-refractivity contribution is -0.123. The van der Waals surface area contributed by atoms with E-state index in [9.17, 15) is 18.0 Å². The van der Waals surface area contributed by atoms with Gasteiger partial charge in [0.05, 0.1) is 0 Å². The molecule has 1 heterocycles. The first-order valence-corrected chi connectivity index (χ1v) is 6.91. The van der Waals surface area contributed by atoms with E-state index in [-0.39, 0.29) is 0 Å². The SMILES string of the molecule is CCC(CCN)N1CCN(C(=O)NCC(F)(F)F)CC1. The first-order chi connectivity index (χ1) is 9.37. The van der Waals surface area contributed by atoms with Crippen LogP contribution in [0.1, 0.15) is 19.8 Å². The van der Waals surface area contributed by atoms with E-state index in [2.05, 4.69) is 11.8 Å². The number of carbonyl (C=O) groups excluding carboxylic acids is 1. The van der Waals surface area contributed by atoms with Crippen LogP contribution < -0.4 is 11.1 Å². The summed E-state index contributed by atoms with van der Waals surface area (Å²) in [6.45, 7) is 3.68. The van der Waals surface area contributed by atoms with Crippen LogP contribution in [0.15, 0.2) is 0 Å². The van der Waals surface area contributed by atoms with Gasteiger partial charge in [0.1, 0.15) is 6.54 Å². The summed E-state index contributed by atoms with van der Waals surface area (Å²) >= 11 is 0. The molecule has 1 unspecified atom stereocenters. The van der Waals surface area contributed by atoms with Crippen molar-refractivity contribution in [1.82, 2.24) is 15.1 Å². The average molecular weight is 296 g/mol. The van der Waals surface area contributed by atoms with Crippen LogP contribution in [0.4, 0.5) is 18.0 Å². The van der Waals surface area contributed by atoms with Crippen molar-refractivity contribution in [3.05, 3.63) is 0 Å². The number of nitrogens with two attached hydrogens (primary N) is 1. The molecular formula is C12H23F3N4O. The van der Waals surface area contributed by atoms with Crippen LogP contribution in [-0.2, 0) is 0 Å². The van der Waals surface area contributed by atoms with Crippen molar-refractivity contribution in [2.24, 2.45) is 5.73 Å².